The van der Waals surface area contributed by atoms with Gasteiger partial charge in [0.05, 0.1) is 5.92 Å². The summed E-state index contributed by atoms with van der Waals surface area (Å²) < 4.78 is 0. The van der Waals surface area contributed by atoms with Gasteiger partial charge >= 0.3 is 5.97 Å². The van der Waals surface area contributed by atoms with E-state index >= 15 is 0 Å². The lowest BCUT2D eigenvalue weighted by molar-refractivity contribution is -0.146. The van der Waals surface area contributed by atoms with Gasteiger partial charge in [-0.25, -0.2) is 0 Å². The van der Waals surface area contributed by atoms with E-state index in [0.717, 1.165) is 12.8 Å². The topological polar surface area (TPSA) is 37.3 Å². The maximum atomic E-state index is 11.0. The second-order valence-electron chi connectivity index (χ2n) is 4.77. The largest absolute Gasteiger partial charge is 0.481 e. The Morgan fingerprint density at radius 3 is 2.46 bits per heavy atom. The van der Waals surface area contributed by atoms with Crippen LogP contribution in [0.15, 0.2) is 0 Å². The van der Waals surface area contributed by atoms with E-state index in [1.807, 2.05) is 0 Å². The van der Waals surface area contributed by atoms with Gasteiger partial charge in [-0.3, -0.25) is 4.79 Å². The van der Waals surface area contributed by atoms with Crippen LogP contribution in [0.5, 0.6) is 0 Å². The molecule has 1 rings (SSSR count). The molecule has 0 spiro atoms. The van der Waals surface area contributed by atoms with E-state index in [1.165, 1.54) is 6.42 Å². The first-order valence-electron chi connectivity index (χ1n) is 5.25. The lowest BCUT2D eigenvalue weighted by Crippen LogP contribution is -2.33. The summed E-state index contributed by atoms with van der Waals surface area (Å²) in [4.78, 5) is 11.0. The first-order chi connectivity index (χ1) is 6.02. The Bertz CT molecular complexity index is 187. The zero-order chi connectivity index (χ0) is 10.0. The van der Waals surface area contributed by atoms with Gasteiger partial charge in [-0.05, 0) is 30.6 Å². The summed E-state index contributed by atoms with van der Waals surface area (Å²) in [5, 5.41) is 9.08. The number of carboxylic acids is 1. The van der Waals surface area contributed by atoms with Gasteiger partial charge in [-0.1, -0.05) is 27.2 Å². The van der Waals surface area contributed by atoms with Gasteiger partial charge < -0.3 is 5.11 Å². The molecule has 0 radical (unpaired) electrons. The molecule has 1 saturated carbocycles. The van der Waals surface area contributed by atoms with Crippen LogP contribution in [0.25, 0.3) is 0 Å². The fraction of sp³-hybridized carbons (Fsp3) is 0.909. The van der Waals surface area contributed by atoms with Gasteiger partial charge in [-0.15, -0.1) is 0 Å². The molecule has 2 nitrogen and oxygen atoms in total. The van der Waals surface area contributed by atoms with Crippen molar-refractivity contribution in [2.24, 2.45) is 23.7 Å². The summed E-state index contributed by atoms with van der Waals surface area (Å²) in [6.07, 6.45) is 3.17. The molecule has 0 aromatic heterocycles. The number of rotatable bonds is 2. The first-order valence-corrected chi connectivity index (χ1v) is 5.25. The van der Waals surface area contributed by atoms with Gasteiger partial charge in [0, 0.05) is 0 Å². The van der Waals surface area contributed by atoms with Crippen molar-refractivity contribution in [2.45, 2.75) is 40.0 Å². The Labute approximate surface area is 80.3 Å². The predicted octanol–water partition coefficient (Wildman–Crippen LogP) is 2.78. The van der Waals surface area contributed by atoms with Gasteiger partial charge in [0.2, 0.25) is 0 Å². The Kier molecular flexibility index (Phi) is 3.34. The Hall–Kier alpha value is -0.530. The van der Waals surface area contributed by atoms with Crippen LogP contribution in [0.2, 0.25) is 0 Å². The average molecular weight is 184 g/mol. The van der Waals surface area contributed by atoms with Crippen molar-refractivity contribution in [3.8, 4) is 0 Å². The first kappa shape index (κ1) is 10.6. The van der Waals surface area contributed by atoms with Crippen LogP contribution in [0.4, 0.5) is 0 Å². The molecule has 0 bridgehead atoms. The molecule has 1 N–H and O–H groups in total. The SMILES string of the molecule is CC1CC[C@@H](C(C)C)C(C(=O)O)C1. The van der Waals surface area contributed by atoms with Crippen LogP contribution in [-0.4, -0.2) is 11.1 Å². The number of aliphatic carboxylic acids is 1. The highest BCUT2D eigenvalue weighted by atomic mass is 16.4. The summed E-state index contributed by atoms with van der Waals surface area (Å²) in [7, 11) is 0. The molecule has 0 amide bonds. The lowest BCUT2D eigenvalue weighted by atomic mass is 9.70. The summed E-state index contributed by atoms with van der Waals surface area (Å²) in [5.41, 5.74) is 0. The minimum atomic E-state index is -0.592. The molecule has 2 heteroatoms. The van der Waals surface area contributed by atoms with Crippen molar-refractivity contribution in [1.82, 2.24) is 0 Å². The minimum Gasteiger partial charge on any atom is -0.481 e. The van der Waals surface area contributed by atoms with E-state index in [-0.39, 0.29) is 5.92 Å². The third kappa shape index (κ3) is 2.45. The molecule has 0 aliphatic heterocycles. The van der Waals surface area contributed by atoms with Crippen molar-refractivity contribution in [3.63, 3.8) is 0 Å². The van der Waals surface area contributed by atoms with E-state index < -0.39 is 5.97 Å². The highest BCUT2D eigenvalue weighted by Crippen LogP contribution is 2.37. The molecule has 76 valence electrons. The Morgan fingerprint density at radius 2 is 2.00 bits per heavy atom. The van der Waals surface area contributed by atoms with E-state index in [4.69, 9.17) is 5.11 Å². The van der Waals surface area contributed by atoms with Crippen molar-refractivity contribution < 1.29 is 9.90 Å². The number of carboxylic acid groups (broad SMARTS) is 1. The summed E-state index contributed by atoms with van der Waals surface area (Å²) in [5.74, 6) is 0.812. The zero-order valence-electron chi connectivity index (χ0n) is 8.79. The molecule has 3 atom stereocenters. The second-order valence-corrected chi connectivity index (χ2v) is 4.77. The molecular weight excluding hydrogens is 164 g/mol. The zero-order valence-corrected chi connectivity index (χ0v) is 8.79. The van der Waals surface area contributed by atoms with Gasteiger partial charge in [0.15, 0.2) is 0 Å². The van der Waals surface area contributed by atoms with Crippen LogP contribution in [0, 0.1) is 23.7 Å². The molecule has 1 aliphatic rings. The third-order valence-corrected chi connectivity index (χ3v) is 3.34. The molecule has 0 aromatic carbocycles. The number of carbonyl (C=O) groups is 1. The monoisotopic (exact) mass is 184 g/mol. The molecule has 0 aromatic rings. The average Bonchev–Trinajstić information content (AvgIpc) is 2.03. The Balaban J connectivity index is 2.66. The van der Waals surface area contributed by atoms with E-state index in [9.17, 15) is 4.79 Å². The van der Waals surface area contributed by atoms with Gasteiger partial charge in [0.25, 0.3) is 0 Å². The van der Waals surface area contributed by atoms with E-state index in [0.29, 0.717) is 17.8 Å². The van der Waals surface area contributed by atoms with Crippen LogP contribution in [0.3, 0.4) is 0 Å². The van der Waals surface area contributed by atoms with Crippen molar-refractivity contribution in [3.05, 3.63) is 0 Å². The Morgan fingerprint density at radius 1 is 1.38 bits per heavy atom. The molecule has 0 heterocycles. The third-order valence-electron chi connectivity index (χ3n) is 3.34. The van der Waals surface area contributed by atoms with Crippen molar-refractivity contribution >= 4 is 5.97 Å². The van der Waals surface area contributed by atoms with E-state index in [2.05, 4.69) is 20.8 Å². The van der Waals surface area contributed by atoms with Crippen LogP contribution in [-0.2, 0) is 4.79 Å². The molecule has 1 aliphatic carbocycles. The lowest BCUT2D eigenvalue weighted by Gasteiger charge is -2.34. The van der Waals surface area contributed by atoms with Crippen LogP contribution >= 0.6 is 0 Å². The maximum absolute atomic E-state index is 11.0. The predicted molar refractivity (Wildman–Crippen MR) is 52.5 cm³/mol. The normalized spacial score (nSPS) is 34.9. The fourth-order valence-electron chi connectivity index (χ4n) is 2.49. The van der Waals surface area contributed by atoms with Gasteiger partial charge in [0.1, 0.15) is 0 Å². The summed E-state index contributed by atoms with van der Waals surface area (Å²) in [6.45, 7) is 6.43. The van der Waals surface area contributed by atoms with Crippen molar-refractivity contribution in [2.75, 3.05) is 0 Å². The fourth-order valence-corrected chi connectivity index (χ4v) is 2.49. The molecule has 13 heavy (non-hydrogen) atoms. The van der Waals surface area contributed by atoms with Crippen LogP contribution < -0.4 is 0 Å². The number of hydrogen-bond donors (Lipinski definition) is 1. The highest BCUT2D eigenvalue weighted by molar-refractivity contribution is 5.70. The maximum Gasteiger partial charge on any atom is 0.306 e. The van der Waals surface area contributed by atoms with Crippen LogP contribution in [0.1, 0.15) is 40.0 Å². The number of hydrogen-bond acceptors (Lipinski definition) is 1. The standard InChI is InChI=1S/C11H20O2/c1-7(2)9-5-4-8(3)6-10(9)11(12)13/h7-10H,4-6H2,1-3H3,(H,12,13)/t8?,9-,10?/m0/s1. The quantitative estimate of drug-likeness (QED) is 0.716. The van der Waals surface area contributed by atoms with Crippen molar-refractivity contribution in [1.29, 1.82) is 0 Å². The molecule has 1 fully saturated rings. The van der Waals surface area contributed by atoms with E-state index in [1.54, 1.807) is 0 Å². The molecule has 2 unspecified atom stereocenters. The highest BCUT2D eigenvalue weighted by Gasteiger charge is 2.35. The summed E-state index contributed by atoms with van der Waals surface area (Å²) >= 11 is 0. The minimum absolute atomic E-state index is 0.0938. The molecular formula is C11H20O2. The van der Waals surface area contributed by atoms with Gasteiger partial charge in [-0.2, -0.15) is 0 Å². The molecule has 0 saturated heterocycles. The second kappa shape index (κ2) is 4.12. The smallest absolute Gasteiger partial charge is 0.306 e. The summed E-state index contributed by atoms with van der Waals surface area (Å²) in [6, 6.07) is 0.